The van der Waals surface area contributed by atoms with E-state index < -0.39 is 0 Å². The molecule has 2 heterocycles. The van der Waals surface area contributed by atoms with Crippen molar-refractivity contribution in [1.82, 2.24) is 15.2 Å². The van der Waals surface area contributed by atoms with Gasteiger partial charge in [-0.3, -0.25) is 4.79 Å². The van der Waals surface area contributed by atoms with Gasteiger partial charge in [0.1, 0.15) is 0 Å². The van der Waals surface area contributed by atoms with Gasteiger partial charge in [0.2, 0.25) is 5.91 Å². The molecule has 4 rings (SSSR count). The lowest BCUT2D eigenvalue weighted by atomic mass is 10.1. The van der Waals surface area contributed by atoms with Crippen molar-refractivity contribution in [3.05, 3.63) is 46.5 Å². The van der Waals surface area contributed by atoms with Crippen molar-refractivity contribution in [2.45, 2.75) is 37.9 Å². The van der Waals surface area contributed by atoms with Gasteiger partial charge in [-0.1, -0.05) is 24.3 Å². The number of fused-ring (bicyclic) bond motifs is 1. The van der Waals surface area contributed by atoms with Crippen molar-refractivity contribution in [3.63, 3.8) is 0 Å². The highest BCUT2D eigenvalue weighted by Crippen LogP contribution is 2.28. The van der Waals surface area contributed by atoms with Crippen molar-refractivity contribution in [2.75, 3.05) is 25.5 Å². The maximum absolute atomic E-state index is 12.5. The zero-order valence-corrected chi connectivity index (χ0v) is 15.6. The number of benzene rings is 1. The summed E-state index contributed by atoms with van der Waals surface area (Å²) in [4.78, 5) is 22.2. The summed E-state index contributed by atoms with van der Waals surface area (Å²) in [5, 5.41) is 4.56. The van der Waals surface area contributed by atoms with Crippen LogP contribution in [0.1, 0.15) is 22.4 Å². The van der Waals surface area contributed by atoms with E-state index in [1.54, 1.807) is 11.3 Å². The third kappa shape index (κ3) is 3.41. The highest BCUT2D eigenvalue weighted by molar-refractivity contribution is 7.15. The fraction of sp³-hybridized carbons (Fsp3) is 0.474. The number of nitrogens with one attached hydrogen (secondary N) is 1. The van der Waals surface area contributed by atoms with Crippen LogP contribution in [0.15, 0.2) is 30.5 Å². The summed E-state index contributed by atoms with van der Waals surface area (Å²) in [6.45, 7) is 1.60. The zero-order valence-electron chi connectivity index (χ0n) is 14.7. The SMILES string of the molecule is CN(C)c1ncc(CNC2CC(=O)N(C3Cc4ccccc4C3)C2)s1. The van der Waals surface area contributed by atoms with Gasteiger partial charge in [-0.15, -0.1) is 11.3 Å². The van der Waals surface area contributed by atoms with E-state index in [1.165, 1.54) is 16.0 Å². The van der Waals surface area contributed by atoms with E-state index in [0.29, 0.717) is 12.5 Å². The second kappa shape index (κ2) is 6.77. The molecule has 1 atom stereocenters. The first-order chi connectivity index (χ1) is 12.1. The average Bonchev–Trinajstić information content (AvgIpc) is 3.30. The van der Waals surface area contributed by atoms with Crippen molar-refractivity contribution < 1.29 is 4.79 Å². The molecule has 1 aromatic heterocycles. The molecule has 132 valence electrons. The van der Waals surface area contributed by atoms with E-state index in [1.807, 2.05) is 25.2 Å². The maximum Gasteiger partial charge on any atom is 0.224 e. The Bertz CT molecular complexity index is 747. The Morgan fingerprint density at radius 1 is 1.24 bits per heavy atom. The summed E-state index contributed by atoms with van der Waals surface area (Å²) >= 11 is 1.70. The smallest absolute Gasteiger partial charge is 0.224 e. The molecule has 25 heavy (non-hydrogen) atoms. The number of thiazole rings is 1. The Morgan fingerprint density at radius 3 is 2.60 bits per heavy atom. The summed E-state index contributed by atoms with van der Waals surface area (Å²) in [7, 11) is 4.01. The molecule has 2 aromatic rings. The van der Waals surface area contributed by atoms with Crippen LogP contribution < -0.4 is 10.2 Å². The van der Waals surface area contributed by atoms with Gasteiger partial charge in [0.15, 0.2) is 5.13 Å². The number of hydrogen-bond donors (Lipinski definition) is 1. The minimum absolute atomic E-state index is 0.237. The average molecular weight is 356 g/mol. The fourth-order valence-corrected chi connectivity index (χ4v) is 4.59. The molecule has 1 aliphatic heterocycles. The lowest BCUT2D eigenvalue weighted by Gasteiger charge is -2.24. The van der Waals surface area contributed by atoms with Gasteiger partial charge < -0.3 is 15.1 Å². The second-order valence-electron chi connectivity index (χ2n) is 7.16. The van der Waals surface area contributed by atoms with Gasteiger partial charge in [-0.05, 0) is 24.0 Å². The Labute approximate surface area is 152 Å². The molecule has 1 fully saturated rings. The molecule has 6 heteroatoms. The lowest BCUT2D eigenvalue weighted by Crippen LogP contribution is -2.39. The van der Waals surface area contributed by atoms with E-state index in [0.717, 1.165) is 31.1 Å². The standard InChI is InChI=1S/C19H24N4OS/c1-22(2)19-21-11-17(25-19)10-20-15-9-18(24)23(12-15)16-7-13-5-3-4-6-14(13)8-16/h3-6,11,15-16,20H,7-10,12H2,1-2H3. The number of carbonyl (C=O) groups excluding carboxylic acids is 1. The quantitative estimate of drug-likeness (QED) is 0.891. The molecule has 0 radical (unpaired) electrons. The number of aromatic nitrogens is 1. The van der Waals surface area contributed by atoms with Crippen LogP contribution in [0.5, 0.6) is 0 Å². The molecule has 1 aromatic carbocycles. The first-order valence-corrected chi connectivity index (χ1v) is 9.63. The predicted octanol–water partition coefficient (Wildman–Crippen LogP) is 2.07. The Balaban J connectivity index is 1.33. The number of hydrogen-bond acceptors (Lipinski definition) is 5. The lowest BCUT2D eigenvalue weighted by molar-refractivity contribution is -0.129. The number of rotatable bonds is 5. The fourth-order valence-electron chi connectivity index (χ4n) is 3.81. The third-order valence-corrected chi connectivity index (χ3v) is 6.28. The third-order valence-electron chi connectivity index (χ3n) is 5.12. The molecule has 1 aliphatic carbocycles. The maximum atomic E-state index is 12.5. The van der Waals surface area contributed by atoms with E-state index in [9.17, 15) is 4.79 Å². The molecular weight excluding hydrogens is 332 g/mol. The number of amides is 1. The van der Waals surface area contributed by atoms with Crippen LogP contribution in [0.2, 0.25) is 0 Å². The Morgan fingerprint density at radius 2 is 1.96 bits per heavy atom. The van der Waals surface area contributed by atoms with Crippen molar-refractivity contribution >= 4 is 22.4 Å². The Kier molecular flexibility index (Phi) is 4.48. The van der Waals surface area contributed by atoms with Crippen LogP contribution in [0.25, 0.3) is 0 Å². The minimum atomic E-state index is 0.237. The number of likely N-dealkylation sites (tertiary alicyclic amines) is 1. The molecule has 1 saturated heterocycles. The van der Waals surface area contributed by atoms with Gasteiger partial charge >= 0.3 is 0 Å². The van der Waals surface area contributed by atoms with Crippen molar-refractivity contribution in [1.29, 1.82) is 0 Å². The number of nitrogens with zero attached hydrogens (tertiary/aromatic N) is 3. The van der Waals surface area contributed by atoms with Gasteiger partial charge in [0.25, 0.3) is 0 Å². The molecule has 1 unspecified atom stereocenters. The Hall–Kier alpha value is -1.92. The van der Waals surface area contributed by atoms with Crippen molar-refractivity contribution in [3.8, 4) is 0 Å². The summed E-state index contributed by atoms with van der Waals surface area (Å²) < 4.78 is 0. The van der Waals surface area contributed by atoms with Gasteiger partial charge in [-0.25, -0.2) is 4.98 Å². The molecule has 1 N–H and O–H groups in total. The first-order valence-electron chi connectivity index (χ1n) is 8.82. The normalized spacial score (nSPS) is 20.3. The van der Waals surface area contributed by atoms with Gasteiger partial charge in [0.05, 0.1) is 0 Å². The first kappa shape index (κ1) is 16.5. The minimum Gasteiger partial charge on any atom is -0.354 e. The number of anilines is 1. The molecular formula is C19H24N4OS. The van der Waals surface area contributed by atoms with Crippen LogP contribution in [-0.4, -0.2) is 48.5 Å². The predicted molar refractivity (Wildman–Crippen MR) is 101 cm³/mol. The summed E-state index contributed by atoms with van der Waals surface area (Å²) in [5.41, 5.74) is 2.80. The van der Waals surface area contributed by atoms with E-state index >= 15 is 0 Å². The van der Waals surface area contributed by atoms with E-state index in [2.05, 4.69) is 39.5 Å². The second-order valence-corrected chi connectivity index (χ2v) is 8.26. The highest BCUT2D eigenvalue weighted by Gasteiger charge is 2.36. The van der Waals surface area contributed by atoms with Gasteiger partial charge in [0, 0.05) is 56.8 Å². The summed E-state index contributed by atoms with van der Waals surface area (Å²) in [6, 6.07) is 9.14. The molecule has 0 saturated carbocycles. The van der Waals surface area contributed by atoms with Crippen LogP contribution in [0.4, 0.5) is 5.13 Å². The van der Waals surface area contributed by atoms with Crippen LogP contribution in [0, 0.1) is 0 Å². The van der Waals surface area contributed by atoms with E-state index in [4.69, 9.17) is 0 Å². The molecule has 1 amide bonds. The van der Waals surface area contributed by atoms with Crippen molar-refractivity contribution in [2.24, 2.45) is 0 Å². The van der Waals surface area contributed by atoms with E-state index in [-0.39, 0.29) is 11.9 Å². The number of carbonyl (C=O) groups is 1. The van der Waals surface area contributed by atoms with Crippen LogP contribution in [0.3, 0.4) is 0 Å². The topological polar surface area (TPSA) is 48.5 Å². The summed E-state index contributed by atoms with van der Waals surface area (Å²) in [6.07, 6.45) is 4.52. The highest BCUT2D eigenvalue weighted by atomic mass is 32.1. The molecule has 0 spiro atoms. The molecule has 0 bridgehead atoms. The van der Waals surface area contributed by atoms with Crippen LogP contribution in [-0.2, 0) is 24.2 Å². The van der Waals surface area contributed by atoms with Gasteiger partial charge in [-0.2, -0.15) is 0 Å². The molecule has 5 nitrogen and oxygen atoms in total. The zero-order chi connectivity index (χ0) is 17.4. The monoisotopic (exact) mass is 356 g/mol. The largest absolute Gasteiger partial charge is 0.354 e. The molecule has 2 aliphatic rings. The van der Waals surface area contributed by atoms with Crippen LogP contribution >= 0.6 is 11.3 Å². The summed E-state index contributed by atoms with van der Waals surface area (Å²) in [5.74, 6) is 0.286.